The van der Waals surface area contributed by atoms with Crippen LogP contribution in [0.1, 0.15) is 28.8 Å². The van der Waals surface area contributed by atoms with Gasteiger partial charge in [-0.05, 0) is 31.9 Å². The van der Waals surface area contributed by atoms with Crippen LogP contribution in [0, 0.1) is 12.8 Å². The number of benzene rings is 1. The van der Waals surface area contributed by atoms with E-state index >= 15 is 0 Å². The van der Waals surface area contributed by atoms with Crippen molar-refractivity contribution in [2.75, 3.05) is 37.6 Å². The van der Waals surface area contributed by atoms with Crippen molar-refractivity contribution in [2.45, 2.75) is 19.8 Å². The zero-order valence-corrected chi connectivity index (χ0v) is 14.6. The number of nitrogens with zero attached hydrogens (tertiary/aromatic N) is 1. The number of aryl methyl sites for hydroxylation is 1. The molecule has 0 spiro atoms. The maximum Gasteiger partial charge on any atom is 0.253 e. The molecule has 0 atom stereocenters. The second-order valence-electron chi connectivity index (χ2n) is 5.95. The molecule has 6 heteroatoms. The molecule has 0 bridgehead atoms. The molecule has 4 nitrogen and oxygen atoms in total. The lowest BCUT2D eigenvalue weighted by Gasteiger charge is -2.27. The van der Waals surface area contributed by atoms with Gasteiger partial charge in [0, 0.05) is 44.3 Å². The number of halogens is 2. The normalized spacial score (nSPS) is 17.2. The summed E-state index contributed by atoms with van der Waals surface area (Å²) in [5, 5.41) is 6.32. The smallest absolute Gasteiger partial charge is 0.253 e. The van der Waals surface area contributed by atoms with Gasteiger partial charge in [0.1, 0.15) is 0 Å². The van der Waals surface area contributed by atoms with E-state index in [0.717, 1.165) is 49.5 Å². The first-order chi connectivity index (χ1) is 9.74. The first-order valence-electron chi connectivity index (χ1n) is 7.58. The summed E-state index contributed by atoms with van der Waals surface area (Å²) in [6, 6.07) is 6.21. The van der Waals surface area contributed by atoms with E-state index in [1.54, 1.807) is 0 Å². The molecule has 2 aliphatic rings. The summed E-state index contributed by atoms with van der Waals surface area (Å²) >= 11 is 0. The van der Waals surface area contributed by atoms with Gasteiger partial charge < -0.3 is 15.5 Å². The van der Waals surface area contributed by atoms with E-state index < -0.39 is 0 Å². The van der Waals surface area contributed by atoms with E-state index in [9.17, 15) is 4.79 Å². The van der Waals surface area contributed by atoms with Crippen LogP contribution in [0.25, 0.3) is 0 Å². The van der Waals surface area contributed by atoms with Crippen LogP contribution in [0.2, 0.25) is 0 Å². The van der Waals surface area contributed by atoms with Crippen molar-refractivity contribution in [3.63, 3.8) is 0 Å². The maximum atomic E-state index is 12.5. The Labute approximate surface area is 144 Å². The van der Waals surface area contributed by atoms with Crippen LogP contribution in [0.3, 0.4) is 0 Å². The number of nitrogens with one attached hydrogen (secondary N) is 2. The van der Waals surface area contributed by atoms with Gasteiger partial charge in [0.2, 0.25) is 0 Å². The highest BCUT2D eigenvalue weighted by Crippen LogP contribution is 2.25. The third-order valence-corrected chi connectivity index (χ3v) is 4.26. The van der Waals surface area contributed by atoms with Crippen LogP contribution in [0.15, 0.2) is 18.2 Å². The summed E-state index contributed by atoms with van der Waals surface area (Å²) in [7, 11) is 0. The van der Waals surface area contributed by atoms with Gasteiger partial charge in [-0.2, -0.15) is 0 Å². The van der Waals surface area contributed by atoms with Gasteiger partial charge in [0.25, 0.3) is 5.91 Å². The molecule has 22 heavy (non-hydrogen) atoms. The fourth-order valence-corrected chi connectivity index (χ4v) is 2.89. The van der Waals surface area contributed by atoms with Gasteiger partial charge in [-0.15, -0.1) is 24.8 Å². The molecule has 2 fully saturated rings. The molecule has 3 rings (SSSR count). The molecule has 0 aliphatic carbocycles. The molecule has 2 N–H and O–H groups in total. The molecule has 2 saturated heterocycles. The van der Waals surface area contributed by atoms with Crippen molar-refractivity contribution in [3.8, 4) is 0 Å². The van der Waals surface area contributed by atoms with Crippen LogP contribution >= 0.6 is 24.8 Å². The van der Waals surface area contributed by atoms with Gasteiger partial charge in [-0.3, -0.25) is 4.79 Å². The Balaban J connectivity index is 0.00000121. The minimum Gasteiger partial charge on any atom is -0.371 e. The molecular weight excluding hydrogens is 321 g/mol. The minimum absolute atomic E-state index is 0. The topological polar surface area (TPSA) is 44.4 Å². The van der Waals surface area contributed by atoms with E-state index in [2.05, 4.69) is 27.7 Å². The Morgan fingerprint density at radius 2 is 1.95 bits per heavy atom. The van der Waals surface area contributed by atoms with Crippen molar-refractivity contribution in [1.82, 2.24) is 10.6 Å². The summed E-state index contributed by atoms with van der Waals surface area (Å²) in [5.74, 6) is 0.668. The monoisotopic (exact) mass is 345 g/mol. The first kappa shape index (κ1) is 19.1. The number of hydrogen-bond donors (Lipinski definition) is 2. The minimum atomic E-state index is 0. The van der Waals surface area contributed by atoms with Crippen LogP contribution in [-0.4, -0.2) is 38.6 Å². The summed E-state index contributed by atoms with van der Waals surface area (Å²) in [4.78, 5) is 14.8. The molecule has 0 saturated carbocycles. The van der Waals surface area contributed by atoms with Gasteiger partial charge in [-0.25, -0.2) is 0 Å². The van der Waals surface area contributed by atoms with Gasteiger partial charge in [0.05, 0.1) is 5.56 Å². The molecule has 2 heterocycles. The van der Waals surface area contributed by atoms with Gasteiger partial charge >= 0.3 is 0 Å². The average molecular weight is 346 g/mol. The predicted octanol–water partition coefficient (Wildman–Crippen LogP) is 2.39. The zero-order chi connectivity index (χ0) is 13.9. The molecule has 124 valence electrons. The second-order valence-corrected chi connectivity index (χ2v) is 5.95. The SMILES string of the molecule is Cc1ccc(N2CCCC2)c(C(=O)NCC2CNC2)c1.Cl.Cl. The quantitative estimate of drug-likeness (QED) is 0.880. The number of hydrogen-bond acceptors (Lipinski definition) is 3. The lowest BCUT2D eigenvalue weighted by atomic mass is 10.0. The van der Waals surface area contributed by atoms with Crippen molar-refractivity contribution >= 4 is 36.4 Å². The van der Waals surface area contributed by atoms with E-state index in [4.69, 9.17) is 0 Å². The van der Waals surface area contributed by atoms with Crippen molar-refractivity contribution in [3.05, 3.63) is 29.3 Å². The molecule has 1 aromatic carbocycles. The fraction of sp³-hybridized carbons (Fsp3) is 0.562. The second kappa shape index (κ2) is 8.61. The standard InChI is InChI=1S/C16H23N3O.2ClH/c1-12-4-5-15(19-6-2-3-7-19)14(8-12)16(20)18-11-13-9-17-10-13;;/h4-5,8,13,17H,2-3,6-7,9-11H2,1H3,(H,18,20);2*1H. The molecule has 1 aromatic rings. The van der Waals surface area contributed by atoms with E-state index in [1.807, 2.05) is 13.0 Å². The largest absolute Gasteiger partial charge is 0.371 e. The highest BCUT2D eigenvalue weighted by molar-refractivity contribution is 6.00. The van der Waals surface area contributed by atoms with Gasteiger partial charge in [0.15, 0.2) is 0 Å². The summed E-state index contributed by atoms with van der Waals surface area (Å²) < 4.78 is 0. The Kier molecular flexibility index (Phi) is 7.46. The molecular formula is C16H25Cl2N3O. The van der Waals surface area contributed by atoms with E-state index in [-0.39, 0.29) is 30.7 Å². The van der Waals surface area contributed by atoms with E-state index in [1.165, 1.54) is 12.8 Å². The van der Waals surface area contributed by atoms with Gasteiger partial charge in [-0.1, -0.05) is 11.6 Å². The molecule has 0 aromatic heterocycles. The zero-order valence-electron chi connectivity index (χ0n) is 12.9. The van der Waals surface area contributed by atoms with Crippen LogP contribution in [-0.2, 0) is 0 Å². The van der Waals surface area contributed by atoms with Crippen molar-refractivity contribution < 1.29 is 4.79 Å². The highest BCUT2D eigenvalue weighted by Gasteiger charge is 2.21. The summed E-state index contributed by atoms with van der Waals surface area (Å²) in [6.45, 7) is 6.99. The van der Waals surface area contributed by atoms with Crippen LogP contribution in [0.5, 0.6) is 0 Å². The lowest BCUT2D eigenvalue weighted by molar-refractivity contribution is 0.0942. The van der Waals surface area contributed by atoms with Crippen LogP contribution < -0.4 is 15.5 Å². The average Bonchev–Trinajstić information content (AvgIpc) is 2.90. The first-order valence-corrected chi connectivity index (χ1v) is 7.58. The Morgan fingerprint density at radius 3 is 2.55 bits per heavy atom. The maximum absolute atomic E-state index is 12.5. The number of anilines is 1. The Bertz CT molecular complexity index is 500. The molecule has 2 aliphatic heterocycles. The number of rotatable bonds is 4. The third-order valence-electron chi connectivity index (χ3n) is 4.26. The molecule has 1 amide bonds. The number of carbonyl (C=O) groups excluding carboxylic acids is 1. The van der Waals surface area contributed by atoms with E-state index in [0.29, 0.717) is 5.92 Å². The third kappa shape index (κ3) is 4.28. The highest BCUT2D eigenvalue weighted by atomic mass is 35.5. The predicted molar refractivity (Wildman–Crippen MR) is 95.8 cm³/mol. The summed E-state index contributed by atoms with van der Waals surface area (Å²) in [6.07, 6.45) is 2.45. The Hall–Kier alpha value is -0.970. The molecule has 0 radical (unpaired) electrons. The van der Waals surface area contributed by atoms with Crippen molar-refractivity contribution in [1.29, 1.82) is 0 Å². The lowest BCUT2D eigenvalue weighted by Crippen LogP contribution is -2.48. The Morgan fingerprint density at radius 1 is 1.27 bits per heavy atom. The number of carbonyl (C=O) groups is 1. The summed E-state index contributed by atoms with van der Waals surface area (Å²) in [5.41, 5.74) is 3.07. The number of amides is 1. The van der Waals surface area contributed by atoms with Crippen LogP contribution in [0.4, 0.5) is 5.69 Å². The fourth-order valence-electron chi connectivity index (χ4n) is 2.89. The van der Waals surface area contributed by atoms with Crippen molar-refractivity contribution in [2.24, 2.45) is 5.92 Å². The molecule has 0 unspecified atom stereocenters.